The fraction of sp³-hybridized carbons (Fsp3) is 0.500. The van der Waals surface area contributed by atoms with Crippen molar-refractivity contribution in [3.8, 4) is 6.07 Å². The highest BCUT2D eigenvalue weighted by Gasteiger charge is 2.23. The molecule has 106 valence electrons. The summed E-state index contributed by atoms with van der Waals surface area (Å²) in [5.74, 6) is 0.604. The number of morpholine rings is 1. The maximum absolute atomic E-state index is 12.4. The maximum Gasteiger partial charge on any atom is 0.270 e. The van der Waals surface area contributed by atoms with Crippen molar-refractivity contribution in [2.75, 3.05) is 31.2 Å². The van der Waals surface area contributed by atoms with Gasteiger partial charge in [-0.1, -0.05) is 0 Å². The van der Waals surface area contributed by atoms with Crippen molar-refractivity contribution in [2.24, 2.45) is 0 Å². The van der Waals surface area contributed by atoms with Gasteiger partial charge in [0.1, 0.15) is 17.5 Å². The average molecular weight is 275 g/mol. The third-order valence-corrected chi connectivity index (χ3v) is 3.59. The summed E-state index contributed by atoms with van der Waals surface area (Å²) >= 11 is 0. The first-order valence-electron chi connectivity index (χ1n) is 6.61. The Kier molecular flexibility index (Phi) is 4.20. The van der Waals surface area contributed by atoms with Crippen LogP contribution in [0.15, 0.2) is 4.79 Å². The van der Waals surface area contributed by atoms with Crippen LogP contribution in [0.4, 0.5) is 5.82 Å². The van der Waals surface area contributed by atoms with E-state index in [9.17, 15) is 9.59 Å². The van der Waals surface area contributed by atoms with Gasteiger partial charge in [-0.25, -0.2) is 0 Å². The minimum Gasteiger partial charge on any atom is -0.378 e. The summed E-state index contributed by atoms with van der Waals surface area (Å²) < 4.78 is 6.80. The summed E-state index contributed by atoms with van der Waals surface area (Å²) in [4.78, 5) is 25.8. The van der Waals surface area contributed by atoms with E-state index in [0.717, 1.165) is 6.29 Å². The summed E-state index contributed by atoms with van der Waals surface area (Å²) in [5.41, 5.74) is 0.592. The lowest BCUT2D eigenvalue weighted by Crippen LogP contribution is -2.41. The van der Waals surface area contributed by atoms with Crippen molar-refractivity contribution in [2.45, 2.75) is 20.4 Å². The minimum atomic E-state index is -0.334. The van der Waals surface area contributed by atoms with Crippen molar-refractivity contribution in [3.05, 3.63) is 27.0 Å². The lowest BCUT2D eigenvalue weighted by atomic mass is 10.0. The molecule has 1 fully saturated rings. The first-order valence-corrected chi connectivity index (χ1v) is 6.61. The van der Waals surface area contributed by atoms with E-state index < -0.39 is 0 Å². The average Bonchev–Trinajstić information content (AvgIpc) is 2.48. The highest BCUT2D eigenvalue weighted by Crippen LogP contribution is 2.23. The lowest BCUT2D eigenvalue weighted by Gasteiger charge is -2.32. The second-order valence-electron chi connectivity index (χ2n) is 4.62. The Labute approximate surface area is 117 Å². The summed E-state index contributed by atoms with van der Waals surface area (Å²) in [6.07, 6.45) is 0.729. The Bertz CT molecular complexity index is 622. The highest BCUT2D eigenvalue weighted by atomic mass is 16.5. The van der Waals surface area contributed by atoms with E-state index in [1.807, 2.05) is 17.9 Å². The zero-order valence-electron chi connectivity index (χ0n) is 11.7. The second-order valence-corrected chi connectivity index (χ2v) is 4.62. The number of hydrogen-bond donors (Lipinski definition) is 0. The van der Waals surface area contributed by atoms with E-state index in [2.05, 4.69) is 0 Å². The lowest BCUT2D eigenvalue weighted by molar-refractivity contribution is 0.111. The zero-order valence-corrected chi connectivity index (χ0v) is 11.7. The SMILES string of the molecule is CCn1c(N2CCOCC2)c(C=O)c(C)c(C#N)c1=O. The fourth-order valence-corrected chi connectivity index (χ4v) is 2.52. The van der Waals surface area contributed by atoms with E-state index in [1.165, 1.54) is 4.57 Å². The zero-order chi connectivity index (χ0) is 14.7. The number of ether oxygens (including phenoxy) is 1. The van der Waals surface area contributed by atoms with Crippen molar-refractivity contribution >= 4 is 12.1 Å². The third-order valence-electron chi connectivity index (χ3n) is 3.59. The predicted octanol–water partition coefficient (Wildman–Crippen LogP) is 0.697. The Morgan fingerprint density at radius 2 is 2.05 bits per heavy atom. The molecule has 2 rings (SSSR count). The van der Waals surface area contributed by atoms with Crippen LogP contribution in [0.3, 0.4) is 0 Å². The molecule has 0 spiro atoms. The largest absolute Gasteiger partial charge is 0.378 e. The topological polar surface area (TPSA) is 75.3 Å². The van der Waals surface area contributed by atoms with E-state index in [-0.39, 0.29) is 11.1 Å². The molecule has 1 aromatic rings. The van der Waals surface area contributed by atoms with Gasteiger partial charge in [0.05, 0.1) is 18.8 Å². The molecule has 0 radical (unpaired) electrons. The summed E-state index contributed by atoms with van der Waals surface area (Å²) in [7, 11) is 0. The molecule has 0 unspecified atom stereocenters. The molecule has 0 amide bonds. The van der Waals surface area contributed by atoms with Crippen molar-refractivity contribution in [1.82, 2.24) is 4.57 Å². The molecule has 2 heterocycles. The third kappa shape index (κ3) is 2.21. The molecular weight excluding hydrogens is 258 g/mol. The van der Waals surface area contributed by atoms with Crippen LogP contribution in [0, 0.1) is 18.3 Å². The number of rotatable bonds is 3. The molecule has 6 nitrogen and oxygen atoms in total. The Balaban J connectivity index is 2.74. The number of carbonyl (C=O) groups excluding carboxylic acids is 1. The number of pyridine rings is 1. The van der Waals surface area contributed by atoms with Gasteiger partial charge >= 0.3 is 0 Å². The summed E-state index contributed by atoms with van der Waals surface area (Å²) in [5, 5.41) is 9.13. The molecule has 0 atom stereocenters. The van der Waals surface area contributed by atoms with Gasteiger partial charge < -0.3 is 9.64 Å². The fourth-order valence-electron chi connectivity index (χ4n) is 2.52. The molecule has 0 bridgehead atoms. The number of nitriles is 1. The predicted molar refractivity (Wildman–Crippen MR) is 74.2 cm³/mol. The van der Waals surface area contributed by atoms with Crippen LogP contribution in [0.2, 0.25) is 0 Å². The maximum atomic E-state index is 12.4. The Morgan fingerprint density at radius 3 is 2.55 bits per heavy atom. The highest BCUT2D eigenvalue weighted by molar-refractivity contribution is 5.86. The second kappa shape index (κ2) is 5.88. The van der Waals surface area contributed by atoms with Gasteiger partial charge in [-0.05, 0) is 19.4 Å². The monoisotopic (exact) mass is 275 g/mol. The standard InChI is InChI=1S/C14H17N3O3/c1-3-17-13(16-4-6-20-7-5-16)12(9-18)10(2)11(8-15)14(17)19/h9H,3-7H2,1-2H3. The molecule has 6 heteroatoms. The van der Waals surface area contributed by atoms with Gasteiger partial charge in [0.15, 0.2) is 6.29 Å². The van der Waals surface area contributed by atoms with E-state index in [1.54, 1.807) is 6.92 Å². The van der Waals surface area contributed by atoms with Crippen LogP contribution >= 0.6 is 0 Å². The van der Waals surface area contributed by atoms with Gasteiger partial charge in [0.2, 0.25) is 0 Å². The molecule has 1 saturated heterocycles. The number of anilines is 1. The van der Waals surface area contributed by atoms with Crippen LogP contribution in [0.25, 0.3) is 0 Å². The van der Waals surface area contributed by atoms with E-state index in [0.29, 0.717) is 49.8 Å². The van der Waals surface area contributed by atoms with E-state index in [4.69, 9.17) is 10.00 Å². The van der Waals surface area contributed by atoms with Gasteiger partial charge in [-0.3, -0.25) is 14.2 Å². The molecule has 1 aromatic heterocycles. The van der Waals surface area contributed by atoms with Crippen molar-refractivity contribution < 1.29 is 9.53 Å². The number of aldehydes is 1. The smallest absolute Gasteiger partial charge is 0.270 e. The molecule has 0 aliphatic carbocycles. The number of aromatic nitrogens is 1. The number of carbonyl (C=O) groups is 1. The van der Waals surface area contributed by atoms with Gasteiger partial charge in [0, 0.05) is 19.6 Å². The van der Waals surface area contributed by atoms with Crippen molar-refractivity contribution in [1.29, 1.82) is 5.26 Å². The molecule has 1 aliphatic rings. The molecule has 0 N–H and O–H groups in total. The van der Waals surface area contributed by atoms with Crippen LogP contribution < -0.4 is 10.5 Å². The first kappa shape index (κ1) is 14.3. The molecule has 20 heavy (non-hydrogen) atoms. The van der Waals surface area contributed by atoms with Gasteiger partial charge in [-0.15, -0.1) is 0 Å². The summed E-state index contributed by atoms with van der Waals surface area (Å²) in [6, 6.07) is 1.91. The molecular formula is C14H17N3O3. The van der Waals surface area contributed by atoms with E-state index >= 15 is 0 Å². The van der Waals surface area contributed by atoms with Crippen LogP contribution in [-0.2, 0) is 11.3 Å². The molecule has 1 aliphatic heterocycles. The first-order chi connectivity index (χ1) is 9.65. The Hall–Kier alpha value is -2.13. The number of nitrogens with zero attached hydrogens (tertiary/aromatic N) is 3. The van der Waals surface area contributed by atoms with Crippen LogP contribution in [0.5, 0.6) is 0 Å². The van der Waals surface area contributed by atoms with Gasteiger partial charge in [0.25, 0.3) is 5.56 Å². The quantitative estimate of drug-likeness (QED) is 0.759. The van der Waals surface area contributed by atoms with Crippen LogP contribution in [0.1, 0.15) is 28.4 Å². The van der Waals surface area contributed by atoms with Crippen molar-refractivity contribution in [3.63, 3.8) is 0 Å². The molecule has 0 saturated carbocycles. The normalized spacial score (nSPS) is 14.9. The minimum absolute atomic E-state index is 0.0472. The Morgan fingerprint density at radius 1 is 1.40 bits per heavy atom. The number of hydrogen-bond acceptors (Lipinski definition) is 5. The summed E-state index contributed by atoms with van der Waals surface area (Å²) in [6.45, 7) is 6.28. The van der Waals surface area contributed by atoms with Gasteiger partial charge in [-0.2, -0.15) is 5.26 Å². The molecule has 0 aromatic carbocycles. The van der Waals surface area contributed by atoms with Crippen LogP contribution in [-0.4, -0.2) is 37.2 Å².